The second-order valence-electron chi connectivity index (χ2n) is 30.3. The molecule has 19 aromatic carbocycles. The van der Waals surface area contributed by atoms with Gasteiger partial charge in [-0.3, -0.25) is 0 Å². The first-order chi connectivity index (χ1) is 58.5. The zero-order valence-corrected chi connectivity index (χ0v) is 64.3. The molecule has 0 atom stereocenters. The van der Waals surface area contributed by atoms with Crippen molar-refractivity contribution in [1.29, 1.82) is 0 Å². The Hall–Kier alpha value is -15.8. The smallest absolute Gasteiger partial charge is 0.136 e. The number of para-hydroxylation sites is 6. The summed E-state index contributed by atoms with van der Waals surface area (Å²) in [6, 6.07) is 161. The summed E-state index contributed by atoms with van der Waals surface area (Å²) in [5.41, 5.74) is 31.2. The highest BCUT2D eigenvalue weighted by atomic mass is 16.3. The minimum Gasteiger partial charge on any atom is -0.456 e. The number of rotatable bonds is 14. The maximum Gasteiger partial charge on any atom is 0.136 e. The summed E-state index contributed by atoms with van der Waals surface area (Å²) in [5, 5.41) is 12.1. The molecule has 0 spiro atoms. The molecule has 0 aliphatic carbocycles. The number of aromatic nitrogens is 2. The van der Waals surface area contributed by atoms with E-state index < -0.39 is 0 Å². The van der Waals surface area contributed by atoms with Crippen molar-refractivity contribution in [3.63, 3.8) is 0 Å². The summed E-state index contributed by atoms with van der Waals surface area (Å²) in [6.07, 6.45) is 0. The predicted molar refractivity (Wildman–Crippen MR) is 496 cm³/mol. The Kier molecular flexibility index (Phi) is 17.1. The van der Waals surface area contributed by atoms with Crippen molar-refractivity contribution in [2.24, 2.45) is 0 Å². The van der Waals surface area contributed by atoms with Crippen LogP contribution in [0.2, 0.25) is 0 Å². The minimum absolute atomic E-state index is 0.898. The first-order valence-corrected chi connectivity index (χ1v) is 40.2. The van der Waals surface area contributed by atoms with Gasteiger partial charge in [0.15, 0.2) is 0 Å². The molecule has 0 unspecified atom stereocenters. The molecule has 0 saturated heterocycles. The average Bonchev–Trinajstić information content (AvgIpc) is 1.57. The summed E-state index contributed by atoms with van der Waals surface area (Å²) in [4.78, 5) is 4.71. The second-order valence-corrected chi connectivity index (χ2v) is 30.3. The van der Waals surface area contributed by atoms with Gasteiger partial charge >= 0.3 is 0 Å². The number of hydrogen-bond acceptors (Lipinski definition) is 4. The van der Waals surface area contributed by atoms with Crippen LogP contribution >= 0.6 is 0 Å². The molecule has 4 aromatic heterocycles. The normalized spacial score (nSPS) is 11.6. The topological polar surface area (TPSA) is 42.6 Å². The Bertz CT molecular complexity index is 7590. The summed E-state index contributed by atoms with van der Waals surface area (Å²) < 4.78 is 17.3. The van der Waals surface area contributed by atoms with E-state index >= 15 is 0 Å². The summed E-state index contributed by atoms with van der Waals surface area (Å²) in [5.74, 6) is 0. The molecule has 0 aliphatic heterocycles. The molecule has 554 valence electrons. The highest BCUT2D eigenvalue weighted by molar-refractivity contribution is 6.12. The van der Waals surface area contributed by atoms with Crippen LogP contribution in [0.15, 0.2) is 458 Å². The van der Waals surface area contributed by atoms with Crippen molar-refractivity contribution < 1.29 is 8.83 Å². The standard InChI is InChI=1S/C58H38N2O.C54H36N2O/c1-2-15-49-42(11-1)12-9-19-50(49)43-25-23-39(24-26-43)40-27-32-45(33-28-40)59(46-34-29-41(30-35-46)44-31-36-54-53-18-5-8-22-57(53)61-58(54)37-44)47-13-10-14-48(38-47)60-55-20-6-3-16-51(55)52-17-4-7-21-56(52)60;1-2-11-37(12-3-1)38-21-23-39(24-22-38)40-25-30-43(31-26-40)55(44-32-27-41(28-33-44)42-29-34-50-49-17-6-9-20-53(49)57-54(50)35-42)45-13-10-14-46(36-45)56-51-18-7-4-15-47(51)48-16-5-8-19-52(48)56/h1-38H;1-36H. The van der Waals surface area contributed by atoms with E-state index in [4.69, 9.17) is 8.83 Å². The fourth-order valence-corrected chi connectivity index (χ4v) is 17.7. The van der Waals surface area contributed by atoms with Crippen LogP contribution < -0.4 is 9.80 Å². The van der Waals surface area contributed by atoms with E-state index in [1.54, 1.807) is 0 Å². The molecular weight excluding hydrogens is 1430 g/mol. The van der Waals surface area contributed by atoms with E-state index in [9.17, 15) is 0 Å². The number of furan rings is 2. The maximum absolute atomic E-state index is 6.26. The third-order valence-electron chi connectivity index (χ3n) is 23.4. The monoisotopic (exact) mass is 1510 g/mol. The summed E-state index contributed by atoms with van der Waals surface area (Å²) >= 11 is 0. The van der Waals surface area contributed by atoms with Crippen LogP contribution in [-0.4, -0.2) is 9.13 Å². The van der Waals surface area contributed by atoms with Crippen LogP contribution in [0.5, 0.6) is 0 Å². The van der Waals surface area contributed by atoms with Gasteiger partial charge in [-0.25, -0.2) is 0 Å². The van der Waals surface area contributed by atoms with Crippen molar-refractivity contribution in [1.82, 2.24) is 9.13 Å². The van der Waals surface area contributed by atoms with Crippen molar-refractivity contribution in [3.8, 4) is 78.1 Å². The zero-order chi connectivity index (χ0) is 78.0. The molecule has 0 N–H and O–H groups in total. The number of anilines is 6. The largest absolute Gasteiger partial charge is 0.456 e. The highest BCUT2D eigenvalue weighted by Gasteiger charge is 2.22. The van der Waals surface area contributed by atoms with Crippen LogP contribution in [0.25, 0.3) is 176 Å². The van der Waals surface area contributed by atoms with E-state index in [-0.39, 0.29) is 0 Å². The Morgan fingerprint density at radius 2 is 0.441 bits per heavy atom. The lowest BCUT2D eigenvalue weighted by atomic mass is 9.96. The highest BCUT2D eigenvalue weighted by Crippen LogP contribution is 2.45. The first kappa shape index (κ1) is 69.0. The van der Waals surface area contributed by atoms with Gasteiger partial charge in [0.05, 0.1) is 22.1 Å². The van der Waals surface area contributed by atoms with Crippen LogP contribution in [-0.2, 0) is 0 Å². The number of nitrogens with zero attached hydrogens (tertiary/aromatic N) is 4. The Morgan fingerprint density at radius 1 is 0.161 bits per heavy atom. The predicted octanol–water partition coefficient (Wildman–Crippen LogP) is 31.5. The summed E-state index contributed by atoms with van der Waals surface area (Å²) in [7, 11) is 0. The van der Waals surface area contributed by atoms with Crippen LogP contribution in [0.1, 0.15) is 0 Å². The van der Waals surface area contributed by atoms with E-state index in [1.165, 1.54) is 98.9 Å². The summed E-state index contributed by atoms with van der Waals surface area (Å²) in [6.45, 7) is 0. The average molecular weight is 1510 g/mol. The van der Waals surface area contributed by atoms with Gasteiger partial charge in [-0.1, -0.05) is 303 Å². The zero-order valence-electron chi connectivity index (χ0n) is 64.3. The molecule has 0 radical (unpaired) electrons. The second kappa shape index (κ2) is 29.3. The van der Waals surface area contributed by atoms with Gasteiger partial charge in [0.25, 0.3) is 0 Å². The fourth-order valence-electron chi connectivity index (χ4n) is 17.7. The lowest BCUT2D eigenvalue weighted by Gasteiger charge is -2.26. The number of benzene rings is 19. The third-order valence-corrected chi connectivity index (χ3v) is 23.4. The molecule has 6 nitrogen and oxygen atoms in total. The Balaban J connectivity index is 0.000000143. The van der Waals surface area contributed by atoms with Crippen LogP contribution in [0, 0.1) is 0 Å². The lowest BCUT2D eigenvalue weighted by Crippen LogP contribution is -2.10. The van der Waals surface area contributed by atoms with Crippen molar-refractivity contribution in [2.75, 3.05) is 9.80 Å². The van der Waals surface area contributed by atoms with Gasteiger partial charge in [-0.05, 0) is 223 Å². The van der Waals surface area contributed by atoms with E-state index in [0.717, 1.165) is 112 Å². The van der Waals surface area contributed by atoms with Gasteiger partial charge in [-0.2, -0.15) is 0 Å². The number of hydrogen-bond donors (Lipinski definition) is 0. The molecule has 23 aromatic rings. The molecule has 0 saturated carbocycles. The Labute approximate surface area is 682 Å². The molecule has 118 heavy (non-hydrogen) atoms. The van der Waals surface area contributed by atoms with E-state index in [0.29, 0.717) is 0 Å². The van der Waals surface area contributed by atoms with Crippen molar-refractivity contribution in [2.45, 2.75) is 0 Å². The third kappa shape index (κ3) is 12.5. The molecule has 0 fully saturated rings. The fraction of sp³-hybridized carbons (Fsp3) is 0. The minimum atomic E-state index is 0.898. The van der Waals surface area contributed by atoms with Gasteiger partial charge in [0, 0.05) is 88.6 Å². The molecule has 23 rings (SSSR count). The molecule has 0 aliphatic rings. The van der Waals surface area contributed by atoms with Gasteiger partial charge < -0.3 is 27.8 Å². The SMILES string of the molecule is c1cc(N(c2ccc(-c3ccc(-c4cccc5ccccc45)cc3)cc2)c2ccc(-c3ccc4c(c3)oc3ccccc34)cc2)cc(-n2c3ccccc3c3ccccc32)c1.c1ccc(-c2ccc(-c3ccc(N(c4ccc(-c5ccc6c(c5)oc5ccccc56)cc4)c4cccc(-n5c6ccccc6c6ccccc65)c4)cc3)cc2)cc1. The molecule has 0 amide bonds. The van der Waals surface area contributed by atoms with Gasteiger partial charge in [0.1, 0.15) is 22.3 Å². The van der Waals surface area contributed by atoms with E-state index in [1.807, 2.05) is 24.3 Å². The van der Waals surface area contributed by atoms with Crippen LogP contribution in [0.4, 0.5) is 34.1 Å². The molecule has 6 heteroatoms. The molecular formula is C112H74N4O2. The van der Waals surface area contributed by atoms with Crippen molar-refractivity contribution in [3.05, 3.63) is 449 Å². The number of fused-ring (bicyclic) bond motifs is 13. The molecule has 0 bridgehead atoms. The quantitative estimate of drug-likeness (QED) is 0.109. The van der Waals surface area contributed by atoms with Gasteiger partial charge in [0.2, 0.25) is 0 Å². The van der Waals surface area contributed by atoms with E-state index in [2.05, 4.69) is 444 Å². The van der Waals surface area contributed by atoms with Crippen LogP contribution in [0.3, 0.4) is 0 Å². The van der Waals surface area contributed by atoms with Gasteiger partial charge in [-0.15, -0.1) is 0 Å². The van der Waals surface area contributed by atoms with Crippen molar-refractivity contribution >= 4 is 132 Å². The first-order valence-electron chi connectivity index (χ1n) is 40.2. The molecule has 4 heterocycles. The lowest BCUT2D eigenvalue weighted by molar-refractivity contribution is 0.668. The maximum atomic E-state index is 6.26. The Morgan fingerprint density at radius 3 is 0.839 bits per heavy atom.